The molecular weight excluding hydrogens is 290 g/mol. The molecule has 0 unspecified atom stereocenters. The summed E-state index contributed by atoms with van der Waals surface area (Å²) in [4.78, 5) is 25.8. The van der Waals surface area contributed by atoms with E-state index in [1.807, 2.05) is 25.1 Å². The highest BCUT2D eigenvalue weighted by Gasteiger charge is 2.54. The van der Waals surface area contributed by atoms with Crippen LogP contribution in [0.5, 0.6) is 0 Å². The standard InChI is InChI=1S/C16H18ClNO3/c1-10-8-18(9-13(10)14(19)20)15(21)16(5-6-16)11-3-2-4-12(17)7-11/h2-4,7,10,13H,5-6,8-9H2,1H3,(H,19,20)/t10-,13-/m1/s1. The Balaban J connectivity index is 1.81. The van der Waals surface area contributed by atoms with Crippen LogP contribution in [-0.4, -0.2) is 35.0 Å². The van der Waals surface area contributed by atoms with Crippen LogP contribution in [0.4, 0.5) is 0 Å². The molecule has 112 valence electrons. The van der Waals surface area contributed by atoms with Crippen LogP contribution < -0.4 is 0 Å². The molecular formula is C16H18ClNO3. The number of carbonyl (C=O) groups excluding carboxylic acids is 1. The Kier molecular flexibility index (Phi) is 3.44. The van der Waals surface area contributed by atoms with Crippen molar-refractivity contribution in [3.63, 3.8) is 0 Å². The topological polar surface area (TPSA) is 57.6 Å². The predicted molar refractivity (Wildman–Crippen MR) is 79.2 cm³/mol. The van der Waals surface area contributed by atoms with E-state index in [0.29, 0.717) is 18.1 Å². The molecule has 1 aliphatic heterocycles. The van der Waals surface area contributed by atoms with Gasteiger partial charge in [0, 0.05) is 18.1 Å². The summed E-state index contributed by atoms with van der Waals surface area (Å²) < 4.78 is 0. The van der Waals surface area contributed by atoms with Gasteiger partial charge in [-0.3, -0.25) is 9.59 Å². The van der Waals surface area contributed by atoms with Crippen molar-refractivity contribution in [2.75, 3.05) is 13.1 Å². The molecule has 5 heteroatoms. The van der Waals surface area contributed by atoms with Gasteiger partial charge < -0.3 is 10.0 Å². The number of benzene rings is 1. The van der Waals surface area contributed by atoms with Crippen LogP contribution in [0, 0.1) is 11.8 Å². The van der Waals surface area contributed by atoms with Gasteiger partial charge in [-0.2, -0.15) is 0 Å². The SMILES string of the molecule is C[C@@H]1CN(C(=O)C2(c3cccc(Cl)c3)CC2)C[C@H]1C(=O)O. The number of nitrogens with zero attached hydrogens (tertiary/aromatic N) is 1. The third-order valence-electron chi connectivity index (χ3n) is 4.75. The minimum Gasteiger partial charge on any atom is -0.481 e. The largest absolute Gasteiger partial charge is 0.481 e. The average Bonchev–Trinajstić information content (AvgIpc) is 3.15. The molecule has 1 saturated carbocycles. The molecule has 1 aromatic rings. The number of rotatable bonds is 3. The molecule has 1 N–H and O–H groups in total. The Hall–Kier alpha value is -1.55. The van der Waals surface area contributed by atoms with E-state index in [-0.39, 0.29) is 11.8 Å². The van der Waals surface area contributed by atoms with Gasteiger partial charge in [0.15, 0.2) is 0 Å². The molecule has 0 aromatic heterocycles. The van der Waals surface area contributed by atoms with Gasteiger partial charge in [0.2, 0.25) is 5.91 Å². The number of aliphatic carboxylic acids is 1. The van der Waals surface area contributed by atoms with Gasteiger partial charge in [-0.05, 0) is 36.5 Å². The zero-order valence-corrected chi connectivity index (χ0v) is 12.6. The molecule has 4 nitrogen and oxygen atoms in total. The minimum absolute atomic E-state index is 0.00149. The van der Waals surface area contributed by atoms with Crippen molar-refractivity contribution in [1.29, 1.82) is 0 Å². The molecule has 1 saturated heterocycles. The van der Waals surface area contributed by atoms with E-state index in [2.05, 4.69) is 0 Å². The van der Waals surface area contributed by atoms with Crippen molar-refractivity contribution in [2.45, 2.75) is 25.2 Å². The second-order valence-electron chi connectivity index (χ2n) is 6.22. The normalized spacial score (nSPS) is 26.7. The van der Waals surface area contributed by atoms with Crippen molar-refractivity contribution in [3.8, 4) is 0 Å². The van der Waals surface area contributed by atoms with Gasteiger partial charge >= 0.3 is 5.97 Å². The van der Waals surface area contributed by atoms with Crippen LogP contribution in [-0.2, 0) is 15.0 Å². The van der Waals surface area contributed by atoms with Crippen LogP contribution in [0.1, 0.15) is 25.3 Å². The first-order valence-corrected chi connectivity index (χ1v) is 7.60. The fourth-order valence-corrected chi connectivity index (χ4v) is 3.48. The lowest BCUT2D eigenvalue weighted by Crippen LogP contribution is -2.38. The molecule has 1 aromatic carbocycles. The Morgan fingerprint density at radius 3 is 2.57 bits per heavy atom. The van der Waals surface area contributed by atoms with Crippen molar-refractivity contribution in [1.82, 2.24) is 4.90 Å². The van der Waals surface area contributed by atoms with Crippen molar-refractivity contribution >= 4 is 23.5 Å². The van der Waals surface area contributed by atoms with E-state index >= 15 is 0 Å². The molecule has 0 bridgehead atoms. The fraction of sp³-hybridized carbons (Fsp3) is 0.500. The van der Waals surface area contributed by atoms with Gasteiger partial charge in [0.1, 0.15) is 0 Å². The average molecular weight is 308 g/mol. The summed E-state index contributed by atoms with van der Waals surface area (Å²) in [5, 5.41) is 9.83. The summed E-state index contributed by atoms with van der Waals surface area (Å²) in [6.07, 6.45) is 1.63. The quantitative estimate of drug-likeness (QED) is 0.933. The molecule has 0 radical (unpaired) electrons. The third-order valence-corrected chi connectivity index (χ3v) is 4.99. The molecule has 1 amide bonds. The van der Waals surface area contributed by atoms with Gasteiger partial charge in [-0.1, -0.05) is 30.7 Å². The van der Waals surface area contributed by atoms with Gasteiger partial charge in [-0.15, -0.1) is 0 Å². The maximum Gasteiger partial charge on any atom is 0.308 e. The second kappa shape index (κ2) is 5.02. The van der Waals surface area contributed by atoms with Gasteiger partial charge in [0.25, 0.3) is 0 Å². The summed E-state index contributed by atoms with van der Waals surface area (Å²) >= 11 is 6.03. The summed E-state index contributed by atoms with van der Waals surface area (Å²) in [6, 6.07) is 7.44. The van der Waals surface area contributed by atoms with E-state index in [1.54, 1.807) is 11.0 Å². The fourth-order valence-electron chi connectivity index (χ4n) is 3.29. The van der Waals surface area contributed by atoms with Crippen molar-refractivity contribution in [3.05, 3.63) is 34.9 Å². The van der Waals surface area contributed by atoms with E-state index < -0.39 is 17.3 Å². The number of carboxylic acids is 1. The number of hydrogen-bond acceptors (Lipinski definition) is 2. The van der Waals surface area contributed by atoms with E-state index in [4.69, 9.17) is 11.6 Å². The first-order chi connectivity index (χ1) is 9.94. The second-order valence-corrected chi connectivity index (χ2v) is 6.66. The maximum absolute atomic E-state index is 12.8. The van der Waals surface area contributed by atoms with Crippen molar-refractivity contribution in [2.24, 2.45) is 11.8 Å². The first-order valence-electron chi connectivity index (χ1n) is 7.22. The molecule has 2 atom stereocenters. The Morgan fingerprint density at radius 1 is 1.33 bits per heavy atom. The summed E-state index contributed by atoms with van der Waals surface area (Å²) in [7, 11) is 0. The lowest BCUT2D eigenvalue weighted by atomic mass is 9.94. The molecule has 2 aliphatic rings. The Bertz CT molecular complexity index is 597. The highest BCUT2D eigenvalue weighted by Crippen LogP contribution is 2.50. The monoisotopic (exact) mass is 307 g/mol. The molecule has 0 spiro atoms. The van der Waals surface area contributed by atoms with Crippen LogP contribution in [0.15, 0.2) is 24.3 Å². The number of halogens is 1. The van der Waals surface area contributed by atoms with Crippen molar-refractivity contribution < 1.29 is 14.7 Å². The first kappa shape index (κ1) is 14.4. The Morgan fingerprint density at radius 2 is 2.05 bits per heavy atom. The van der Waals surface area contributed by atoms with Crippen LogP contribution in [0.25, 0.3) is 0 Å². The molecule has 2 fully saturated rings. The molecule has 1 heterocycles. The van der Waals surface area contributed by atoms with E-state index in [0.717, 1.165) is 18.4 Å². The summed E-state index contributed by atoms with van der Waals surface area (Å²) in [6.45, 7) is 2.74. The number of carbonyl (C=O) groups is 2. The summed E-state index contributed by atoms with van der Waals surface area (Å²) in [5.41, 5.74) is 0.476. The molecule has 3 rings (SSSR count). The predicted octanol–water partition coefficient (Wildman–Crippen LogP) is 2.55. The zero-order chi connectivity index (χ0) is 15.2. The summed E-state index contributed by atoms with van der Waals surface area (Å²) in [5.74, 6) is -1.21. The number of amides is 1. The maximum atomic E-state index is 12.8. The lowest BCUT2D eigenvalue weighted by molar-refractivity contribution is -0.142. The van der Waals surface area contributed by atoms with Crippen LogP contribution in [0.2, 0.25) is 5.02 Å². The minimum atomic E-state index is -0.814. The van der Waals surface area contributed by atoms with Crippen LogP contribution in [0.3, 0.4) is 0 Å². The number of carboxylic acid groups (broad SMARTS) is 1. The van der Waals surface area contributed by atoms with Gasteiger partial charge in [0.05, 0.1) is 11.3 Å². The van der Waals surface area contributed by atoms with E-state index in [1.165, 1.54) is 0 Å². The molecule has 1 aliphatic carbocycles. The van der Waals surface area contributed by atoms with Crippen LogP contribution >= 0.6 is 11.6 Å². The molecule has 21 heavy (non-hydrogen) atoms. The zero-order valence-electron chi connectivity index (χ0n) is 11.9. The lowest BCUT2D eigenvalue weighted by Gasteiger charge is -2.23. The highest BCUT2D eigenvalue weighted by molar-refractivity contribution is 6.30. The Labute approximate surface area is 128 Å². The number of hydrogen-bond donors (Lipinski definition) is 1. The smallest absolute Gasteiger partial charge is 0.308 e. The third kappa shape index (κ3) is 2.42. The number of likely N-dealkylation sites (tertiary alicyclic amines) is 1. The van der Waals surface area contributed by atoms with E-state index in [9.17, 15) is 14.7 Å². The highest BCUT2D eigenvalue weighted by atomic mass is 35.5. The van der Waals surface area contributed by atoms with Gasteiger partial charge in [-0.25, -0.2) is 0 Å².